The summed E-state index contributed by atoms with van der Waals surface area (Å²) in [4.78, 5) is 0.112. The number of nitrogens with one attached hydrogen (secondary N) is 1. The summed E-state index contributed by atoms with van der Waals surface area (Å²) in [5.41, 5.74) is 6.24. The number of nitrogens with two attached hydrogens (primary N) is 1. The van der Waals surface area contributed by atoms with Crippen molar-refractivity contribution in [3.63, 3.8) is 0 Å². The SMILES string of the molecule is Cc1cc(F)ccc1S(=O)(=O)NCC1(N)CCCCCC1.Cl. The van der Waals surface area contributed by atoms with E-state index < -0.39 is 21.4 Å². The van der Waals surface area contributed by atoms with Crippen LogP contribution in [-0.4, -0.2) is 20.5 Å². The Balaban J connectivity index is 0.00000242. The molecule has 0 heterocycles. The van der Waals surface area contributed by atoms with Crippen LogP contribution in [0.1, 0.15) is 44.1 Å². The highest BCUT2D eigenvalue weighted by Gasteiger charge is 2.28. The van der Waals surface area contributed by atoms with Crippen molar-refractivity contribution in [3.05, 3.63) is 29.6 Å². The monoisotopic (exact) mass is 350 g/mol. The molecule has 2 rings (SSSR count). The molecule has 0 spiro atoms. The number of sulfonamides is 1. The molecule has 0 unspecified atom stereocenters. The summed E-state index contributed by atoms with van der Waals surface area (Å²) in [6, 6.07) is 3.67. The molecule has 1 aliphatic carbocycles. The van der Waals surface area contributed by atoms with Crippen LogP contribution >= 0.6 is 12.4 Å². The molecule has 0 bridgehead atoms. The Morgan fingerprint density at radius 3 is 2.36 bits per heavy atom. The van der Waals surface area contributed by atoms with Gasteiger partial charge in [-0.2, -0.15) is 0 Å². The molecule has 126 valence electrons. The summed E-state index contributed by atoms with van der Waals surface area (Å²) < 4.78 is 40.4. The second-order valence-corrected chi connectivity index (χ2v) is 7.75. The van der Waals surface area contributed by atoms with Gasteiger partial charge in [-0.3, -0.25) is 0 Å². The lowest BCUT2D eigenvalue weighted by Crippen LogP contribution is -2.49. The molecule has 1 aromatic rings. The van der Waals surface area contributed by atoms with Crippen LogP contribution < -0.4 is 10.5 Å². The van der Waals surface area contributed by atoms with Gasteiger partial charge in [-0.15, -0.1) is 12.4 Å². The van der Waals surface area contributed by atoms with E-state index in [4.69, 9.17) is 5.73 Å². The Morgan fingerprint density at radius 2 is 1.82 bits per heavy atom. The minimum atomic E-state index is -3.65. The van der Waals surface area contributed by atoms with Crippen molar-refractivity contribution in [2.75, 3.05) is 6.54 Å². The zero-order valence-corrected chi connectivity index (χ0v) is 14.4. The van der Waals surface area contributed by atoms with Crippen LogP contribution in [-0.2, 0) is 10.0 Å². The van der Waals surface area contributed by atoms with Gasteiger partial charge in [-0.1, -0.05) is 25.7 Å². The van der Waals surface area contributed by atoms with Gasteiger partial charge in [-0.25, -0.2) is 17.5 Å². The first-order valence-corrected chi connectivity index (χ1v) is 8.85. The molecular weight excluding hydrogens is 327 g/mol. The molecule has 1 fully saturated rings. The highest BCUT2D eigenvalue weighted by atomic mass is 35.5. The van der Waals surface area contributed by atoms with Crippen LogP contribution in [0.5, 0.6) is 0 Å². The molecule has 0 saturated heterocycles. The highest BCUT2D eigenvalue weighted by molar-refractivity contribution is 7.89. The van der Waals surface area contributed by atoms with E-state index in [2.05, 4.69) is 4.72 Å². The van der Waals surface area contributed by atoms with Gasteiger partial charge in [0.05, 0.1) is 4.90 Å². The van der Waals surface area contributed by atoms with Crippen LogP contribution in [0.25, 0.3) is 0 Å². The molecule has 1 saturated carbocycles. The Morgan fingerprint density at radius 1 is 1.23 bits per heavy atom. The average molecular weight is 351 g/mol. The van der Waals surface area contributed by atoms with Gasteiger partial charge in [-0.05, 0) is 43.5 Å². The van der Waals surface area contributed by atoms with E-state index in [1.165, 1.54) is 12.1 Å². The molecule has 3 N–H and O–H groups in total. The van der Waals surface area contributed by atoms with E-state index in [1.54, 1.807) is 6.92 Å². The standard InChI is InChI=1S/C15H23FN2O2S.ClH/c1-12-10-13(16)6-7-14(12)21(19,20)18-11-15(17)8-4-2-3-5-9-15;/h6-7,10,18H,2-5,8-9,11,17H2,1H3;1H. The van der Waals surface area contributed by atoms with Crippen molar-refractivity contribution in [3.8, 4) is 0 Å². The second-order valence-electron chi connectivity index (χ2n) is 6.01. The van der Waals surface area contributed by atoms with E-state index in [9.17, 15) is 12.8 Å². The molecule has 7 heteroatoms. The van der Waals surface area contributed by atoms with Crippen molar-refractivity contribution >= 4 is 22.4 Å². The number of aryl methyl sites for hydroxylation is 1. The summed E-state index contributed by atoms with van der Waals surface area (Å²) in [6.45, 7) is 1.81. The Kier molecular flexibility index (Phi) is 6.80. The van der Waals surface area contributed by atoms with Crippen LogP contribution in [0.2, 0.25) is 0 Å². The first kappa shape index (κ1) is 19.4. The largest absolute Gasteiger partial charge is 0.324 e. The minimum Gasteiger partial charge on any atom is -0.324 e. The highest BCUT2D eigenvalue weighted by Crippen LogP contribution is 2.25. The van der Waals surface area contributed by atoms with Gasteiger partial charge in [0.2, 0.25) is 10.0 Å². The predicted octanol–water partition coefficient (Wildman–Crippen LogP) is 2.89. The van der Waals surface area contributed by atoms with Gasteiger partial charge in [0.15, 0.2) is 0 Å². The fraction of sp³-hybridized carbons (Fsp3) is 0.600. The lowest BCUT2D eigenvalue weighted by atomic mass is 9.92. The van der Waals surface area contributed by atoms with Crippen LogP contribution in [0.4, 0.5) is 4.39 Å². The van der Waals surface area contributed by atoms with Crippen molar-refractivity contribution in [2.24, 2.45) is 5.73 Å². The van der Waals surface area contributed by atoms with Crippen LogP contribution in [0.15, 0.2) is 23.1 Å². The van der Waals surface area contributed by atoms with Gasteiger partial charge in [0.25, 0.3) is 0 Å². The minimum absolute atomic E-state index is 0. The lowest BCUT2D eigenvalue weighted by molar-refractivity contribution is 0.369. The first-order chi connectivity index (χ1) is 9.82. The van der Waals surface area contributed by atoms with E-state index in [0.29, 0.717) is 5.56 Å². The smallest absolute Gasteiger partial charge is 0.240 e. The third-order valence-corrected chi connectivity index (χ3v) is 5.70. The molecule has 0 amide bonds. The average Bonchev–Trinajstić information content (AvgIpc) is 2.62. The molecule has 1 aromatic carbocycles. The number of hydrogen-bond donors (Lipinski definition) is 2. The summed E-state index contributed by atoms with van der Waals surface area (Å²) in [5.74, 6) is -0.439. The van der Waals surface area contributed by atoms with Crippen molar-refractivity contribution in [2.45, 2.75) is 55.9 Å². The maximum Gasteiger partial charge on any atom is 0.240 e. The number of benzene rings is 1. The van der Waals surface area contributed by atoms with Crippen LogP contribution in [0.3, 0.4) is 0 Å². The van der Waals surface area contributed by atoms with Crippen molar-refractivity contribution in [1.29, 1.82) is 0 Å². The third-order valence-electron chi connectivity index (χ3n) is 4.14. The Hall–Kier alpha value is -0.690. The van der Waals surface area contributed by atoms with E-state index in [-0.39, 0.29) is 23.8 Å². The lowest BCUT2D eigenvalue weighted by Gasteiger charge is -2.28. The normalized spacial score (nSPS) is 18.3. The third kappa shape index (κ3) is 4.91. The molecule has 0 atom stereocenters. The molecule has 1 aliphatic rings. The van der Waals surface area contributed by atoms with Gasteiger partial charge >= 0.3 is 0 Å². The topological polar surface area (TPSA) is 72.2 Å². The first-order valence-electron chi connectivity index (χ1n) is 7.37. The zero-order valence-electron chi connectivity index (χ0n) is 12.8. The molecule has 0 aliphatic heterocycles. The number of rotatable bonds is 4. The van der Waals surface area contributed by atoms with Crippen LogP contribution in [0, 0.1) is 12.7 Å². The summed E-state index contributed by atoms with van der Waals surface area (Å²) in [6.07, 6.45) is 6.04. The van der Waals surface area contributed by atoms with E-state index in [1.807, 2.05) is 0 Å². The molecule has 4 nitrogen and oxygen atoms in total. The van der Waals surface area contributed by atoms with E-state index >= 15 is 0 Å². The number of hydrogen-bond acceptors (Lipinski definition) is 3. The summed E-state index contributed by atoms with van der Waals surface area (Å²) in [5, 5.41) is 0. The van der Waals surface area contributed by atoms with Crippen molar-refractivity contribution in [1.82, 2.24) is 4.72 Å². The van der Waals surface area contributed by atoms with E-state index in [0.717, 1.165) is 44.6 Å². The number of halogens is 2. The fourth-order valence-electron chi connectivity index (χ4n) is 2.84. The Bertz CT molecular complexity index is 600. The molecule has 0 aromatic heterocycles. The molecular formula is C15H24ClFN2O2S. The summed E-state index contributed by atoms with van der Waals surface area (Å²) >= 11 is 0. The maximum atomic E-state index is 13.1. The Labute approximate surface area is 138 Å². The fourth-order valence-corrected chi connectivity index (χ4v) is 4.20. The molecule has 0 radical (unpaired) electrons. The molecule has 22 heavy (non-hydrogen) atoms. The predicted molar refractivity (Wildman–Crippen MR) is 88.2 cm³/mol. The quantitative estimate of drug-likeness (QED) is 0.820. The van der Waals surface area contributed by atoms with Gasteiger partial charge < -0.3 is 5.73 Å². The van der Waals surface area contributed by atoms with Gasteiger partial charge in [0.1, 0.15) is 5.82 Å². The second kappa shape index (κ2) is 7.73. The maximum absolute atomic E-state index is 13.1. The van der Waals surface area contributed by atoms with Gasteiger partial charge in [0, 0.05) is 12.1 Å². The zero-order chi connectivity index (χ0) is 15.5. The summed E-state index contributed by atoms with van der Waals surface area (Å²) in [7, 11) is -3.65. The van der Waals surface area contributed by atoms with Crippen molar-refractivity contribution < 1.29 is 12.8 Å².